The highest BCUT2D eigenvalue weighted by molar-refractivity contribution is 5.44. The summed E-state index contributed by atoms with van der Waals surface area (Å²) < 4.78 is 15.9. The van der Waals surface area contributed by atoms with Crippen LogP contribution >= 0.6 is 0 Å². The van der Waals surface area contributed by atoms with Gasteiger partial charge < -0.3 is 19.9 Å². The first kappa shape index (κ1) is 16.1. The number of ether oxygens (including phenoxy) is 3. The first-order chi connectivity index (χ1) is 10.2. The van der Waals surface area contributed by atoms with Gasteiger partial charge in [0.2, 0.25) is 0 Å². The molecule has 1 aliphatic rings. The van der Waals surface area contributed by atoms with E-state index in [4.69, 9.17) is 19.9 Å². The molecule has 0 spiro atoms. The quantitative estimate of drug-likeness (QED) is 0.753. The zero-order valence-electron chi connectivity index (χ0n) is 13.2. The molecule has 1 unspecified atom stereocenters. The molecule has 1 aromatic carbocycles. The molecule has 0 saturated heterocycles. The predicted octanol–water partition coefficient (Wildman–Crippen LogP) is 1.81. The second-order valence-corrected chi connectivity index (χ2v) is 5.33. The Kier molecular flexibility index (Phi) is 5.85. The van der Waals surface area contributed by atoms with Gasteiger partial charge in [0.15, 0.2) is 11.5 Å². The van der Waals surface area contributed by atoms with Crippen molar-refractivity contribution in [1.29, 1.82) is 0 Å². The van der Waals surface area contributed by atoms with Crippen LogP contribution in [-0.2, 0) is 4.74 Å². The van der Waals surface area contributed by atoms with Crippen molar-refractivity contribution < 1.29 is 14.2 Å². The maximum Gasteiger partial charge on any atom is 0.161 e. The van der Waals surface area contributed by atoms with Gasteiger partial charge in [-0.2, -0.15) is 0 Å². The van der Waals surface area contributed by atoms with Gasteiger partial charge in [-0.1, -0.05) is 6.07 Å². The van der Waals surface area contributed by atoms with Crippen LogP contribution in [0.1, 0.15) is 24.4 Å². The largest absolute Gasteiger partial charge is 0.493 e. The number of nitrogens with two attached hydrogens (primary N) is 1. The van der Waals surface area contributed by atoms with Crippen LogP contribution in [0.15, 0.2) is 18.2 Å². The molecule has 1 aromatic rings. The molecule has 0 bridgehead atoms. The summed E-state index contributed by atoms with van der Waals surface area (Å²) in [7, 11) is 5.04. The molecule has 0 amide bonds. The van der Waals surface area contributed by atoms with Crippen LogP contribution in [0.25, 0.3) is 0 Å². The second-order valence-electron chi connectivity index (χ2n) is 5.33. The third-order valence-electron chi connectivity index (χ3n) is 3.99. The Morgan fingerprint density at radius 2 is 1.90 bits per heavy atom. The lowest BCUT2D eigenvalue weighted by atomic mass is 10.0. The van der Waals surface area contributed by atoms with E-state index >= 15 is 0 Å². The van der Waals surface area contributed by atoms with Crippen LogP contribution in [0.2, 0.25) is 0 Å². The van der Waals surface area contributed by atoms with E-state index in [1.807, 2.05) is 12.1 Å². The third kappa shape index (κ3) is 3.87. The maximum absolute atomic E-state index is 6.05. The molecule has 0 aliphatic heterocycles. The molecule has 1 aliphatic carbocycles. The van der Waals surface area contributed by atoms with Crippen LogP contribution in [0, 0.1) is 0 Å². The standard InChI is InChI=1S/C16H26N2O3/c1-19-9-8-18(13-5-6-13)14(11-17)12-4-7-15(20-2)16(10-12)21-3/h4,7,10,13-14H,5-6,8-9,11,17H2,1-3H3. The van der Waals surface area contributed by atoms with Crippen molar-refractivity contribution in [2.24, 2.45) is 5.73 Å². The first-order valence-electron chi connectivity index (χ1n) is 7.41. The van der Waals surface area contributed by atoms with Crippen LogP contribution in [-0.4, -0.2) is 52.0 Å². The van der Waals surface area contributed by atoms with Gasteiger partial charge in [0.1, 0.15) is 0 Å². The van der Waals surface area contributed by atoms with Gasteiger partial charge in [-0.05, 0) is 30.5 Å². The number of hydrogen-bond acceptors (Lipinski definition) is 5. The highest BCUT2D eigenvalue weighted by Gasteiger charge is 2.34. The van der Waals surface area contributed by atoms with E-state index in [9.17, 15) is 0 Å². The van der Waals surface area contributed by atoms with Crippen molar-refractivity contribution in [3.8, 4) is 11.5 Å². The van der Waals surface area contributed by atoms with Gasteiger partial charge in [0, 0.05) is 32.3 Å². The van der Waals surface area contributed by atoms with E-state index < -0.39 is 0 Å². The summed E-state index contributed by atoms with van der Waals surface area (Å²) in [5, 5.41) is 0. The molecule has 0 heterocycles. The van der Waals surface area contributed by atoms with Crippen molar-refractivity contribution in [3.63, 3.8) is 0 Å². The van der Waals surface area contributed by atoms with Crippen molar-refractivity contribution in [2.75, 3.05) is 41.0 Å². The fourth-order valence-corrected chi connectivity index (χ4v) is 2.72. The summed E-state index contributed by atoms with van der Waals surface area (Å²) in [5.41, 5.74) is 7.22. The van der Waals surface area contributed by atoms with Gasteiger partial charge in [0.05, 0.1) is 20.8 Å². The van der Waals surface area contributed by atoms with Crippen molar-refractivity contribution in [3.05, 3.63) is 23.8 Å². The average molecular weight is 294 g/mol. The molecule has 5 heteroatoms. The summed E-state index contributed by atoms with van der Waals surface area (Å²) in [6.45, 7) is 2.20. The smallest absolute Gasteiger partial charge is 0.161 e. The first-order valence-corrected chi connectivity index (χ1v) is 7.41. The molecule has 1 fully saturated rings. The lowest BCUT2D eigenvalue weighted by Crippen LogP contribution is -2.37. The Hall–Kier alpha value is -1.30. The summed E-state index contributed by atoms with van der Waals surface area (Å²) in [5.74, 6) is 1.49. The third-order valence-corrected chi connectivity index (χ3v) is 3.99. The minimum absolute atomic E-state index is 0.187. The van der Waals surface area contributed by atoms with Crippen LogP contribution < -0.4 is 15.2 Å². The summed E-state index contributed by atoms with van der Waals surface area (Å²) in [4.78, 5) is 2.45. The summed E-state index contributed by atoms with van der Waals surface area (Å²) >= 11 is 0. The van der Waals surface area contributed by atoms with Gasteiger partial charge in [-0.25, -0.2) is 0 Å². The molecule has 1 atom stereocenters. The lowest BCUT2D eigenvalue weighted by Gasteiger charge is -2.31. The molecule has 2 rings (SSSR count). The van der Waals surface area contributed by atoms with E-state index in [0.29, 0.717) is 12.6 Å². The number of benzene rings is 1. The maximum atomic E-state index is 6.05. The molecule has 21 heavy (non-hydrogen) atoms. The average Bonchev–Trinajstić information content (AvgIpc) is 3.35. The fourth-order valence-electron chi connectivity index (χ4n) is 2.72. The van der Waals surface area contributed by atoms with E-state index in [0.717, 1.165) is 30.2 Å². The number of hydrogen-bond donors (Lipinski definition) is 1. The fraction of sp³-hybridized carbons (Fsp3) is 0.625. The summed E-state index contributed by atoms with van der Waals surface area (Å²) in [6.07, 6.45) is 2.49. The molecular formula is C16H26N2O3. The Balaban J connectivity index is 2.22. The van der Waals surface area contributed by atoms with E-state index in [2.05, 4.69) is 11.0 Å². The van der Waals surface area contributed by atoms with Crippen LogP contribution in [0.4, 0.5) is 0 Å². The lowest BCUT2D eigenvalue weighted by molar-refractivity contribution is 0.115. The highest BCUT2D eigenvalue weighted by atomic mass is 16.5. The zero-order valence-corrected chi connectivity index (χ0v) is 13.2. The van der Waals surface area contributed by atoms with Gasteiger partial charge >= 0.3 is 0 Å². The van der Waals surface area contributed by atoms with Crippen molar-refractivity contribution >= 4 is 0 Å². The normalized spacial score (nSPS) is 16.0. The summed E-state index contributed by atoms with van der Waals surface area (Å²) in [6, 6.07) is 6.85. The molecule has 2 N–H and O–H groups in total. The van der Waals surface area contributed by atoms with Gasteiger partial charge in [-0.15, -0.1) is 0 Å². The van der Waals surface area contributed by atoms with Crippen molar-refractivity contribution in [2.45, 2.75) is 24.9 Å². The highest BCUT2D eigenvalue weighted by Crippen LogP contribution is 2.36. The Morgan fingerprint density at radius 3 is 2.43 bits per heavy atom. The number of rotatable bonds is 9. The van der Waals surface area contributed by atoms with Crippen LogP contribution in [0.3, 0.4) is 0 Å². The monoisotopic (exact) mass is 294 g/mol. The molecule has 1 saturated carbocycles. The van der Waals surface area contributed by atoms with Crippen molar-refractivity contribution in [1.82, 2.24) is 4.90 Å². The molecule has 118 valence electrons. The molecule has 5 nitrogen and oxygen atoms in total. The van der Waals surface area contributed by atoms with Gasteiger partial charge in [-0.3, -0.25) is 4.90 Å². The molecular weight excluding hydrogens is 268 g/mol. The zero-order chi connectivity index (χ0) is 15.2. The Labute approximate surface area is 127 Å². The minimum Gasteiger partial charge on any atom is -0.493 e. The van der Waals surface area contributed by atoms with E-state index in [1.54, 1.807) is 21.3 Å². The predicted molar refractivity (Wildman–Crippen MR) is 82.9 cm³/mol. The molecule has 0 aromatic heterocycles. The SMILES string of the molecule is COCCN(C1CC1)C(CN)c1ccc(OC)c(OC)c1. The number of methoxy groups -OCH3 is 3. The number of nitrogens with zero attached hydrogens (tertiary/aromatic N) is 1. The van der Waals surface area contributed by atoms with E-state index in [1.165, 1.54) is 12.8 Å². The van der Waals surface area contributed by atoms with Crippen LogP contribution in [0.5, 0.6) is 11.5 Å². The Morgan fingerprint density at radius 1 is 1.19 bits per heavy atom. The molecule has 0 radical (unpaired) electrons. The minimum atomic E-state index is 0.187. The van der Waals surface area contributed by atoms with E-state index in [-0.39, 0.29) is 6.04 Å². The second kappa shape index (κ2) is 7.64. The Bertz CT molecular complexity index is 449. The topological polar surface area (TPSA) is 57.0 Å². The van der Waals surface area contributed by atoms with Gasteiger partial charge in [0.25, 0.3) is 0 Å².